The van der Waals surface area contributed by atoms with Crippen LogP contribution in [0.3, 0.4) is 0 Å². The highest BCUT2D eigenvalue weighted by Gasteiger charge is 2.17. The summed E-state index contributed by atoms with van der Waals surface area (Å²) in [5, 5.41) is 6.22. The fraction of sp³-hybridized carbons (Fsp3) is 0.611. The van der Waals surface area contributed by atoms with Gasteiger partial charge in [-0.15, -0.1) is 12.4 Å². The second-order valence-electron chi connectivity index (χ2n) is 6.09. The first-order chi connectivity index (χ1) is 11.7. The smallest absolute Gasteiger partial charge is 0.254 e. The van der Waals surface area contributed by atoms with Gasteiger partial charge in [0.25, 0.3) is 5.91 Å². The summed E-state index contributed by atoms with van der Waals surface area (Å²) in [6, 6.07) is 3.06. The van der Waals surface area contributed by atoms with Gasteiger partial charge in [-0.2, -0.15) is 0 Å². The highest BCUT2D eigenvalue weighted by molar-refractivity contribution is 5.95. The van der Waals surface area contributed by atoms with Crippen molar-refractivity contribution in [3.05, 3.63) is 23.5 Å². The van der Waals surface area contributed by atoms with Gasteiger partial charge in [-0.25, -0.2) is 4.39 Å². The average molecular weight is 375 g/mol. The van der Waals surface area contributed by atoms with Crippen LogP contribution in [0.1, 0.15) is 48.9 Å². The predicted octanol–water partition coefficient (Wildman–Crippen LogP) is 3.31. The van der Waals surface area contributed by atoms with Crippen molar-refractivity contribution in [1.82, 2.24) is 10.6 Å². The number of carbonyl (C=O) groups is 1. The molecular formula is C18H28ClFN2O3. The standard InChI is InChI=1S/C18H27FN2O3.ClH/c1-23-16-11-14(15(19)12-17(16)24-2)18(22)21-10-9-20-13-7-5-3-4-6-8-13;/h11-13,20H,3-10H2,1-2H3,(H,21,22);1H. The second-order valence-corrected chi connectivity index (χ2v) is 6.09. The number of hydrogen-bond donors (Lipinski definition) is 2. The van der Waals surface area contributed by atoms with Gasteiger partial charge in [0.15, 0.2) is 11.5 Å². The predicted molar refractivity (Wildman–Crippen MR) is 98.6 cm³/mol. The summed E-state index contributed by atoms with van der Waals surface area (Å²) in [7, 11) is 2.88. The van der Waals surface area contributed by atoms with Crippen LogP contribution in [0, 0.1) is 5.82 Å². The highest BCUT2D eigenvalue weighted by atomic mass is 35.5. The van der Waals surface area contributed by atoms with E-state index in [9.17, 15) is 9.18 Å². The first-order valence-electron chi connectivity index (χ1n) is 8.58. The van der Waals surface area contributed by atoms with Gasteiger partial charge in [-0.05, 0) is 18.9 Å². The van der Waals surface area contributed by atoms with Crippen LogP contribution < -0.4 is 20.1 Å². The number of rotatable bonds is 7. The summed E-state index contributed by atoms with van der Waals surface area (Å²) in [6.45, 7) is 1.15. The van der Waals surface area contributed by atoms with Crippen molar-refractivity contribution in [3.8, 4) is 11.5 Å². The molecule has 0 bridgehead atoms. The van der Waals surface area contributed by atoms with Gasteiger partial charge in [0, 0.05) is 25.2 Å². The molecule has 0 atom stereocenters. The van der Waals surface area contributed by atoms with Crippen molar-refractivity contribution in [2.24, 2.45) is 0 Å². The Morgan fingerprint density at radius 2 is 1.68 bits per heavy atom. The second kappa shape index (κ2) is 11.2. The van der Waals surface area contributed by atoms with E-state index < -0.39 is 11.7 Å². The SMILES string of the molecule is COc1cc(F)c(C(=O)NCCNC2CCCCCC2)cc1OC.Cl. The van der Waals surface area contributed by atoms with Gasteiger partial charge in [-0.3, -0.25) is 4.79 Å². The third-order valence-corrected chi connectivity index (χ3v) is 4.42. The molecule has 0 spiro atoms. The van der Waals surface area contributed by atoms with Crippen LogP contribution in [0.5, 0.6) is 11.5 Å². The molecule has 2 N–H and O–H groups in total. The zero-order chi connectivity index (χ0) is 17.4. The van der Waals surface area contributed by atoms with E-state index in [4.69, 9.17) is 9.47 Å². The van der Waals surface area contributed by atoms with Gasteiger partial charge in [0.05, 0.1) is 19.8 Å². The monoisotopic (exact) mass is 374 g/mol. The Kier molecular flexibility index (Phi) is 9.60. The number of methoxy groups -OCH3 is 2. The Balaban J connectivity index is 0.00000312. The molecule has 25 heavy (non-hydrogen) atoms. The van der Waals surface area contributed by atoms with Crippen LogP contribution >= 0.6 is 12.4 Å². The van der Waals surface area contributed by atoms with E-state index in [2.05, 4.69) is 10.6 Å². The van der Waals surface area contributed by atoms with Crippen molar-refractivity contribution in [2.45, 2.75) is 44.6 Å². The summed E-state index contributed by atoms with van der Waals surface area (Å²) in [5.74, 6) is -0.472. The number of carbonyl (C=O) groups excluding carboxylic acids is 1. The Morgan fingerprint density at radius 3 is 2.28 bits per heavy atom. The lowest BCUT2D eigenvalue weighted by Crippen LogP contribution is -2.37. The molecule has 0 radical (unpaired) electrons. The van der Waals surface area contributed by atoms with Gasteiger partial charge >= 0.3 is 0 Å². The third-order valence-electron chi connectivity index (χ3n) is 4.42. The van der Waals surface area contributed by atoms with Crippen molar-refractivity contribution in [1.29, 1.82) is 0 Å². The van der Waals surface area contributed by atoms with Crippen LogP contribution in [-0.4, -0.2) is 39.3 Å². The van der Waals surface area contributed by atoms with E-state index in [0.717, 1.165) is 6.07 Å². The van der Waals surface area contributed by atoms with Gasteiger partial charge in [-0.1, -0.05) is 25.7 Å². The van der Waals surface area contributed by atoms with E-state index in [1.807, 2.05) is 0 Å². The zero-order valence-electron chi connectivity index (χ0n) is 14.9. The summed E-state index contributed by atoms with van der Waals surface area (Å²) in [4.78, 5) is 12.2. The van der Waals surface area contributed by atoms with Gasteiger partial charge in [0.1, 0.15) is 5.82 Å². The van der Waals surface area contributed by atoms with E-state index in [0.29, 0.717) is 24.9 Å². The Labute approximate surface area is 155 Å². The molecule has 1 aromatic rings. The molecule has 1 saturated carbocycles. The van der Waals surface area contributed by atoms with Crippen molar-refractivity contribution >= 4 is 18.3 Å². The number of benzene rings is 1. The first kappa shape index (κ1) is 21.5. The molecule has 1 aromatic carbocycles. The lowest BCUT2D eigenvalue weighted by Gasteiger charge is -2.16. The molecule has 1 aliphatic carbocycles. The minimum absolute atomic E-state index is 0. The molecule has 0 aliphatic heterocycles. The molecule has 0 saturated heterocycles. The lowest BCUT2D eigenvalue weighted by molar-refractivity contribution is 0.0949. The minimum Gasteiger partial charge on any atom is -0.493 e. The molecule has 1 fully saturated rings. The van der Waals surface area contributed by atoms with Gasteiger partial charge < -0.3 is 20.1 Å². The Bertz CT molecular complexity index is 549. The Hall–Kier alpha value is -1.53. The maximum atomic E-state index is 14.0. The number of halogens is 2. The third kappa shape index (κ3) is 6.36. The van der Waals surface area contributed by atoms with E-state index in [-0.39, 0.29) is 23.7 Å². The van der Waals surface area contributed by atoms with Crippen LogP contribution in [0.15, 0.2) is 12.1 Å². The van der Waals surface area contributed by atoms with E-state index >= 15 is 0 Å². The fourth-order valence-corrected chi connectivity index (χ4v) is 3.06. The summed E-state index contributed by atoms with van der Waals surface area (Å²) in [6.07, 6.45) is 7.54. The topological polar surface area (TPSA) is 59.6 Å². The molecule has 5 nitrogen and oxygen atoms in total. The molecule has 1 aliphatic rings. The summed E-state index contributed by atoms with van der Waals surface area (Å²) >= 11 is 0. The molecule has 0 heterocycles. The van der Waals surface area contributed by atoms with E-state index in [1.54, 1.807) is 0 Å². The largest absolute Gasteiger partial charge is 0.493 e. The molecule has 0 unspecified atom stereocenters. The molecule has 0 aromatic heterocycles. The lowest BCUT2D eigenvalue weighted by atomic mass is 10.1. The maximum Gasteiger partial charge on any atom is 0.254 e. The van der Waals surface area contributed by atoms with Crippen molar-refractivity contribution in [3.63, 3.8) is 0 Å². The molecular weight excluding hydrogens is 347 g/mol. The molecule has 2 rings (SSSR count). The molecule has 142 valence electrons. The fourth-order valence-electron chi connectivity index (χ4n) is 3.06. The Morgan fingerprint density at radius 1 is 1.08 bits per heavy atom. The zero-order valence-corrected chi connectivity index (χ0v) is 15.7. The summed E-state index contributed by atoms with van der Waals surface area (Å²) < 4.78 is 24.2. The molecule has 7 heteroatoms. The number of ether oxygens (including phenoxy) is 2. The van der Waals surface area contributed by atoms with E-state index in [1.165, 1.54) is 58.8 Å². The molecule has 1 amide bonds. The highest BCUT2D eigenvalue weighted by Crippen LogP contribution is 2.29. The number of hydrogen-bond acceptors (Lipinski definition) is 4. The van der Waals surface area contributed by atoms with Crippen LogP contribution in [0.25, 0.3) is 0 Å². The first-order valence-corrected chi connectivity index (χ1v) is 8.58. The minimum atomic E-state index is -0.623. The van der Waals surface area contributed by atoms with Crippen molar-refractivity contribution < 1.29 is 18.7 Å². The quantitative estimate of drug-likeness (QED) is 0.568. The number of nitrogens with one attached hydrogen (secondary N) is 2. The van der Waals surface area contributed by atoms with Crippen LogP contribution in [0.2, 0.25) is 0 Å². The maximum absolute atomic E-state index is 14.0. The van der Waals surface area contributed by atoms with Crippen LogP contribution in [0.4, 0.5) is 4.39 Å². The normalized spacial score (nSPS) is 15.0. The van der Waals surface area contributed by atoms with Gasteiger partial charge in [0.2, 0.25) is 0 Å². The summed E-state index contributed by atoms with van der Waals surface area (Å²) in [5.41, 5.74) is -0.0397. The average Bonchev–Trinajstić information content (AvgIpc) is 2.87. The van der Waals surface area contributed by atoms with Crippen LogP contribution in [-0.2, 0) is 0 Å². The van der Waals surface area contributed by atoms with Crippen molar-refractivity contribution in [2.75, 3.05) is 27.3 Å². The number of amides is 1.